The van der Waals surface area contributed by atoms with Crippen LogP contribution in [0.3, 0.4) is 0 Å². The first-order chi connectivity index (χ1) is 11.2. The second-order valence-electron chi connectivity index (χ2n) is 5.88. The Kier molecular flexibility index (Phi) is 3.30. The van der Waals surface area contributed by atoms with Gasteiger partial charge in [-0.1, -0.05) is 24.3 Å². The number of carbonyl (C=O) groups excluding carboxylic acids is 1. The van der Waals surface area contributed by atoms with Gasteiger partial charge in [-0.15, -0.1) is 0 Å². The molecule has 2 heterocycles. The van der Waals surface area contributed by atoms with Crippen molar-refractivity contribution in [2.75, 3.05) is 13.7 Å². The second kappa shape index (κ2) is 5.47. The average molecular weight is 306 g/mol. The zero-order valence-electron chi connectivity index (χ0n) is 13.0. The molecule has 1 amide bonds. The van der Waals surface area contributed by atoms with Crippen molar-refractivity contribution in [3.05, 3.63) is 65.4 Å². The molecule has 0 spiro atoms. The number of carbonyl (C=O) groups is 1. The molecule has 4 nitrogen and oxygen atoms in total. The van der Waals surface area contributed by atoms with Crippen LogP contribution in [0.5, 0.6) is 5.75 Å². The minimum Gasteiger partial charge on any atom is -0.497 e. The summed E-state index contributed by atoms with van der Waals surface area (Å²) >= 11 is 0. The molecule has 4 heteroatoms. The molecule has 1 N–H and O–H groups in total. The number of aromatic amines is 1. The van der Waals surface area contributed by atoms with E-state index in [2.05, 4.69) is 23.2 Å². The summed E-state index contributed by atoms with van der Waals surface area (Å²) < 4.78 is 5.24. The first-order valence-corrected chi connectivity index (χ1v) is 7.77. The van der Waals surface area contributed by atoms with Crippen molar-refractivity contribution < 1.29 is 9.53 Å². The number of ether oxygens (including phenoxy) is 1. The van der Waals surface area contributed by atoms with Crippen LogP contribution >= 0.6 is 0 Å². The van der Waals surface area contributed by atoms with Crippen LogP contribution in [0.1, 0.15) is 21.6 Å². The molecular weight excluding hydrogens is 288 g/mol. The third kappa shape index (κ3) is 2.46. The van der Waals surface area contributed by atoms with Gasteiger partial charge in [-0.3, -0.25) is 4.79 Å². The van der Waals surface area contributed by atoms with Crippen molar-refractivity contribution in [2.45, 2.75) is 13.0 Å². The van der Waals surface area contributed by atoms with Crippen molar-refractivity contribution in [2.24, 2.45) is 0 Å². The molecule has 0 unspecified atom stereocenters. The summed E-state index contributed by atoms with van der Waals surface area (Å²) in [5, 5.41) is 0.991. The van der Waals surface area contributed by atoms with E-state index in [1.54, 1.807) is 7.11 Å². The fraction of sp³-hybridized carbons (Fsp3) is 0.211. The van der Waals surface area contributed by atoms with E-state index in [1.807, 2.05) is 35.2 Å². The van der Waals surface area contributed by atoms with Crippen molar-refractivity contribution in [3.63, 3.8) is 0 Å². The van der Waals surface area contributed by atoms with E-state index in [1.165, 1.54) is 11.1 Å². The van der Waals surface area contributed by atoms with Gasteiger partial charge in [0.25, 0.3) is 5.91 Å². The van der Waals surface area contributed by atoms with Crippen molar-refractivity contribution in [3.8, 4) is 5.75 Å². The molecule has 2 aromatic carbocycles. The van der Waals surface area contributed by atoms with E-state index in [9.17, 15) is 4.79 Å². The lowest BCUT2D eigenvalue weighted by molar-refractivity contribution is 0.0729. The van der Waals surface area contributed by atoms with Crippen molar-refractivity contribution in [1.82, 2.24) is 9.88 Å². The zero-order chi connectivity index (χ0) is 15.8. The SMILES string of the molecule is COc1ccc2[nH]c(C(=O)N3CCc4ccccc4C3)cc2c1. The highest BCUT2D eigenvalue weighted by molar-refractivity contribution is 5.98. The van der Waals surface area contributed by atoms with Crippen LogP contribution in [0.15, 0.2) is 48.5 Å². The van der Waals surface area contributed by atoms with Gasteiger partial charge in [0.05, 0.1) is 7.11 Å². The van der Waals surface area contributed by atoms with Gasteiger partial charge in [0.2, 0.25) is 0 Å². The van der Waals surface area contributed by atoms with Gasteiger partial charge in [0.15, 0.2) is 0 Å². The fourth-order valence-corrected chi connectivity index (χ4v) is 3.19. The monoisotopic (exact) mass is 306 g/mol. The van der Waals surface area contributed by atoms with Crippen LogP contribution in [0.25, 0.3) is 10.9 Å². The lowest BCUT2D eigenvalue weighted by Crippen LogP contribution is -2.36. The number of rotatable bonds is 2. The highest BCUT2D eigenvalue weighted by atomic mass is 16.5. The van der Waals surface area contributed by atoms with Crippen LogP contribution in [0.4, 0.5) is 0 Å². The molecule has 0 saturated carbocycles. The predicted molar refractivity (Wildman–Crippen MR) is 89.7 cm³/mol. The van der Waals surface area contributed by atoms with E-state index in [0.717, 1.165) is 29.6 Å². The lowest BCUT2D eigenvalue weighted by atomic mass is 10.00. The lowest BCUT2D eigenvalue weighted by Gasteiger charge is -2.28. The molecule has 1 aliphatic heterocycles. The molecular formula is C19H18N2O2. The van der Waals surface area contributed by atoms with Crippen molar-refractivity contribution >= 4 is 16.8 Å². The van der Waals surface area contributed by atoms with E-state index >= 15 is 0 Å². The molecule has 0 saturated heterocycles. The Morgan fingerprint density at radius 1 is 1.13 bits per heavy atom. The molecule has 116 valence electrons. The Hall–Kier alpha value is -2.75. The highest BCUT2D eigenvalue weighted by Crippen LogP contribution is 2.24. The first kappa shape index (κ1) is 13.9. The smallest absolute Gasteiger partial charge is 0.270 e. The number of fused-ring (bicyclic) bond motifs is 2. The minimum atomic E-state index is 0.0506. The van der Waals surface area contributed by atoms with Crippen LogP contribution < -0.4 is 4.74 Å². The van der Waals surface area contributed by atoms with Crippen LogP contribution in [-0.4, -0.2) is 29.4 Å². The molecule has 3 aromatic rings. The number of hydrogen-bond acceptors (Lipinski definition) is 2. The number of H-pyrrole nitrogens is 1. The number of hydrogen-bond donors (Lipinski definition) is 1. The Morgan fingerprint density at radius 2 is 1.96 bits per heavy atom. The summed E-state index contributed by atoms with van der Waals surface area (Å²) in [4.78, 5) is 17.9. The molecule has 0 fully saturated rings. The summed E-state index contributed by atoms with van der Waals surface area (Å²) in [5.41, 5.74) is 4.17. The molecule has 4 rings (SSSR count). The predicted octanol–water partition coefficient (Wildman–Crippen LogP) is 3.38. The summed E-state index contributed by atoms with van der Waals surface area (Å²) in [5.74, 6) is 0.845. The molecule has 0 bridgehead atoms. The van der Waals surface area contributed by atoms with Gasteiger partial charge in [0.1, 0.15) is 11.4 Å². The summed E-state index contributed by atoms with van der Waals surface area (Å²) in [6, 6.07) is 16.0. The number of amides is 1. The number of nitrogens with zero attached hydrogens (tertiary/aromatic N) is 1. The van der Waals surface area contributed by atoms with Gasteiger partial charge in [-0.2, -0.15) is 0 Å². The van der Waals surface area contributed by atoms with Gasteiger partial charge in [0, 0.05) is 24.0 Å². The quantitative estimate of drug-likeness (QED) is 0.789. The van der Waals surface area contributed by atoms with Gasteiger partial charge in [-0.25, -0.2) is 0 Å². The second-order valence-corrected chi connectivity index (χ2v) is 5.88. The summed E-state index contributed by atoms with van der Waals surface area (Å²) in [6.45, 7) is 1.43. The maximum Gasteiger partial charge on any atom is 0.270 e. The van der Waals surface area contributed by atoms with E-state index < -0.39 is 0 Å². The largest absolute Gasteiger partial charge is 0.497 e. The Morgan fingerprint density at radius 3 is 2.78 bits per heavy atom. The maximum atomic E-state index is 12.8. The third-order valence-corrected chi connectivity index (χ3v) is 4.48. The van der Waals surface area contributed by atoms with E-state index in [4.69, 9.17) is 4.74 Å². The van der Waals surface area contributed by atoms with Gasteiger partial charge < -0.3 is 14.6 Å². The number of aromatic nitrogens is 1. The normalized spacial score (nSPS) is 13.9. The first-order valence-electron chi connectivity index (χ1n) is 7.77. The fourth-order valence-electron chi connectivity index (χ4n) is 3.19. The van der Waals surface area contributed by atoms with Crippen LogP contribution in [-0.2, 0) is 13.0 Å². The van der Waals surface area contributed by atoms with Gasteiger partial charge >= 0.3 is 0 Å². The third-order valence-electron chi connectivity index (χ3n) is 4.48. The molecule has 0 aliphatic carbocycles. The zero-order valence-corrected chi connectivity index (χ0v) is 13.0. The molecule has 1 aliphatic rings. The standard InChI is InChI=1S/C19H18N2O2/c1-23-16-6-7-17-15(10-16)11-18(20-17)19(22)21-9-8-13-4-2-3-5-14(13)12-21/h2-7,10-11,20H,8-9,12H2,1H3. The van der Waals surface area contributed by atoms with Crippen LogP contribution in [0.2, 0.25) is 0 Å². The summed E-state index contributed by atoms with van der Waals surface area (Å²) in [6.07, 6.45) is 0.913. The maximum absolute atomic E-state index is 12.8. The number of nitrogens with one attached hydrogen (secondary N) is 1. The Balaban J connectivity index is 1.62. The van der Waals surface area contributed by atoms with E-state index in [-0.39, 0.29) is 5.91 Å². The molecule has 0 atom stereocenters. The van der Waals surface area contributed by atoms with Crippen LogP contribution in [0, 0.1) is 0 Å². The minimum absolute atomic E-state index is 0.0506. The molecule has 1 aromatic heterocycles. The van der Waals surface area contributed by atoms with E-state index in [0.29, 0.717) is 12.2 Å². The number of benzene rings is 2. The average Bonchev–Trinajstić information content (AvgIpc) is 3.03. The number of methoxy groups -OCH3 is 1. The highest BCUT2D eigenvalue weighted by Gasteiger charge is 2.22. The summed E-state index contributed by atoms with van der Waals surface area (Å²) in [7, 11) is 1.64. The molecule has 0 radical (unpaired) electrons. The Bertz CT molecular complexity index is 882. The topological polar surface area (TPSA) is 45.3 Å². The Labute approximate surface area is 134 Å². The van der Waals surface area contributed by atoms with Gasteiger partial charge in [-0.05, 0) is 41.8 Å². The van der Waals surface area contributed by atoms with Crippen molar-refractivity contribution in [1.29, 1.82) is 0 Å². The molecule has 23 heavy (non-hydrogen) atoms.